The van der Waals surface area contributed by atoms with Gasteiger partial charge in [-0.05, 0) is 13.0 Å². The second kappa shape index (κ2) is 5.80. The van der Waals surface area contributed by atoms with Crippen molar-refractivity contribution in [2.75, 3.05) is 10.7 Å². The number of nitrogens with one attached hydrogen (secondary N) is 2. The molecule has 110 valence electrons. The van der Waals surface area contributed by atoms with E-state index in [0.717, 1.165) is 0 Å². The number of hydrazine groups is 1. The molecule has 1 amide bonds. The average molecular weight is 296 g/mol. The highest BCUT2D eigenvalue weighted by molar-refractivity contribution is 6.07. The van der Waals surface area contributed by atoms with E-state index in [1.807, 2.05) is 5.32 Å². The summed E-state index contributed by atoms with van der Waals surface area (Å²) in [5.41, 5.74) is 2.37. The average Bonchev–Trinajstić information content (AvgIpc) is 2.42. The molecule has 21 heavy (non-hydrogen) atoms. The van der Waals surface area contributed by atoms with Crippen molar-refractivity contribution in [2.45, 2.75) is 6.92 Å². The molecule has 0 fully saturated rings. The number of carbonyl (C=O) groups is 1. The fourth-order valence-corrected chi connectivity index (χ4v) is 1.70. The molecule has 1 aromatic heterocycles. The maximum atomic E-state index is 13.5. The summed E-state index contributed by atoms with van der Waals surface area (Å²) in [7, 11) is 0. The van der Waals surface area contributed by atoms with E-state index >= 15 is 0 Å². The number of hydrogen-bond acceptors (Lipinski definition) is 4. The highest BCUT2D eigenvalue weighted by Crippen LogP contribution is 2.22. The Bertz CT molecular complexity index is 683. The number of aryl methyl sites for hydroxylation is 1. The van der Waals surface area contributed by atoms with Crippen molar-refractivity contribution in [3.63, 3.8) is 0 Å². The number of pyridine rings is 1. The quantitative estimate of drug-likeness (QED) is 0.600. The minimum absolute atomic E-state index is 0.00812. The van der Waals surface area contributed by atoms with Crippen LogP contribution in [0.1, 0.15) is 16.1 Å². The summed E-state index contributed by atoms with van der Waals surface area (Å²) in [5, 5.41) is 2.03. The lowest BCUT2D eigenvalue weighted by Gasteiger charge is -2.11. The van der Waals surface area contributed by atoms with Crippen LogP contribution in [0.15, 0.2) is 24.4 Å². The standard InChI is InChI=1S/C13H11F3N4O/c1-6-2-11(20-17)8(5-18-6)13(21)19-12-9(15)3-7(14)4-10(12)16/h2-5H,17H2,1H3,(H,18,20)(H,19,21). The molecule has 5 nitrogen and oxygen atoms in total. The van der Waals surface area contributed by atoms with Crippen LogP contribution >= 0.6 is 0 Å². The number of carbonyl (C=O) groups excluding carboxylic acids is 1. The highest BCUT2D eigenvalue weighted by atomic mass is 19.1. The van der Waals surface area contributed by atoms with Crippen molar-refractivity contribution < 1.29 is 18.0 Å². The number of halogens is 3. The highest BCUT2D eigenvalue weighted by Gasteiger charge is 2.18. The summed E-state index contributed by atoms with van der Waals surface area (Å²) < 4.78 is 39.8. The molecule has 0 saturated heterocycles. The van der Waals surface area contributed by atoms with E-state index in [1.54, 1.807) is 6.92 Å². The summed E-state index contributed by atoms with van der Waals surface area (Å²) in [6.07, 6.45) is 1.21. The first-order chi connectivity index (χ1) is 9.92. The zero-order valence-corrected chi connectivity index (χ0v) is 10.9. The van der Waals surface area contributed by atoms with Crippen molar-refractivity contribution in [3.8, 4) is 0 Å². The third-order valence-electron chi connectivity index (χ3n) is 2.69. The van der Waals surface area contributed by atoms with Gasteiger partial charge in [-0.2, -0.15) is 0 Å². The maximum Gasteiger partial charge on any atom is 0.259 e. The van der Waals surface area contributed by atoms with Gasteiger partial charge in [0.1, 0.15) is 11.5 Å². The SMILES string of the molecule is Cc1cc(NN)c(C(=O)Nc2c(F)cc(F)cc2F)cn1. The molecule has 8 heteroatoms. The van der Waals surface area contributed by atoms with E-state index in [1.165, 1.54) is 12.3 Å². The van der Waals surface area contributed by atoms with Crippen molar-refractivity contribution in [3.05, 3.63) is 53.1 Å². The molecule has 0 spiro atoms. The lowest BCUT2D eigenvalue weighted by molar-refractivity contribution is 0.102. The molecule has 0 atom stereocenters. The van der Waals surface area contributed by atoms with Crippen molar-refractivity contribution in [1.82, 2.24) is 4.98 Å². The summed E-state index contributed by atoms with van der Waals surface area (Å²) in [6, 6.07) is 2.43. The molecule has 2 rings (SSSR count). The Morgan fingerprint density at radius 1 is 1.19 bits per heavy atom. The van der Waals surface area contributed by atoms with Crippen LogP contribution in [0.5, 0.6) is 0 Å². The summed E-state index contributed by atoms with van der Waals surface area (Å²) in [6.45, 7) is 1.68. The van der Waals surface area contributed by atoms with Gasteiger partial charge in [0.2, 0.25) is 0 Å². The van der Waals surface area contributed by atoms with Crippen molar-refractivity contribution in [2.24, 2.45) is 5.84 Å². The van der Waals surface area contributed by atoms with E-state index in [9.17, 15) is 18.0 Å². The molecule has 2 aromatic rings. The molecule has 0 radical (unpaired) electrons. The molecule has 0 aliphatic carbocycles. The van der Waals surface area contributed by atoms with Gasteiger partial charge in [0.25, 0.3) is 5.91 Å². The van der Waals surface area contributed by atoms with Crippen LogP contribution < -0.4 is 16.6 Å². The fraction of sp³-hybridized carbons (Fsp3) is 0.0769. The van der Waals surface area contributed by atoms with Crippen LogP contribution in [0, 0.1) is 24.4 Å². The molecular formula is C13H11F3N4O. The van der Waals surface area contributed by atoms with Crippen LogP contribution in [0.25, 0.3) is 0 Å². The van der Waals surface area contributed by atoms with Crippen LogP contribution in [-0.2, 0) is 0 Å². The normalized spacial score (nSPS) is 10.3. The van der Waals surface area contributed by atoms with Crippen LogP contribution in [-0.4, -0.2) is 10.9 Å². The Morgan fingerprint density at radius 3 is 2.38 bits per heavy atom. The van der Waals surface area contributed by atoms with Gasteiger partial charge in [0, 0.05) is 24.0 Å². The fourth-order valence-electron chi connectivity index (χ4n) is 1.70. The largest absolute Gasteiger partial charge is 0.323 e. The van der Waals surface area contributed by atoms with Gasteiger partial charge in [-0.3, -0.25) is 15.6 Å². The van der Waals surface area contributed by atoms with Gasteiger partial charge < -0.3 is 10.7 Å². The molecule has 4 N–H and O–H groups in total. The lowest BCUT2D eigenvalue weighted by Crippen LogP contribution is -2.19. The summed E-state index contributed by atoms with van der Waals surface area (Å²) in [4.78, 5) is 15.9. The molecule has 1 aromatic carbocycles. The third-order valence-corrected chi connectivity index (χ3v) is 2.69. The molecule has 1 heterocycles. The molecule has 0 aliphatic heterocycles. The van der Waals surface area contributed by atoms with Crippen LogP contribution in [0.4, 0.5) is 24.5 Å². The van der Waals surface area contributed by atoms with Gasteiger partial charge in [-0.1, -0.05) is 0 Å². The zero-order valence-electron chi connectivity index (χ0n) is 10.9. The lowest BCUT2D eigenvalue weighted by atomic mass is 10.2. The number of amides is 1. The predicted octanol–water partition coefficient (Wildman–Crippen LogP) is 2.35. The number of nitrogens with zero attached hydrogens (tertiary/aromatic N) is 1. The first-order valence-corrected chi connectivity index (χ1v) is 5.81. The second-order valence-corrected chi connectivity index (χ2v) is 4.21. The number of aromatic nitrogens is 1. The maximum absolute atomic E-state index is 13.5. The smallest absolute Gasteiger partial charge is 0.259 e. The second-order valence-electron chi connectivity index (χ2n) is 4.21. The van der Waals surface area contributed by atoms with Crippen molar-refractivity contribution in [1.29, 1.82) is 0 Å². The third kappa shape index (κ3) is 3.11. The summed E-state index contributed by atoms with van der Waals surface area (Å²) in [5.74, 6) is 0.923. The first kappa shape index (κ1) is 14.8. The monoisotopic (exact) mass is 296 g/mol. The Hall–Kier alpha value is -2.61. The van der Waals surface area contributed by atoms with Gasteiger partial charge in [0.05, 0.1) is 11.3 Å². The van der Waals surface area contributed by atoms with Crippen LogP contribution in [0.2, 0.25) is 0 Å². The Labute approximate surface area is 118 Å². The Kier molecular flexibility index (Phi) is 4.08. The molecule has 0 saturated carbocycles. The van der Waals surface area contributed by atoms with Gasteiger partial charge in [-0.25, -0.2) is 13.2 Å². The number of anilines is 2. The van der Waals surface area contributed by atoms with E-state index < -0.39 is 29.0 Å². The predicted molar refractivity (Wildman–Crippen MR) is 71.1 cm³/mol. The zero-order chi connectivity index (χ0) is 15.6. The minimum Gasteiger partial charge on any atom is -0.323 e. The van der Waals surface area contributed by atoms with E-state index in [4.69, 9.17) is 5.84 Å². The first-order valence-electron chi connectivity index (χ1n) is 5.81. The number of hydrogen-bond donors (Lipinski definition) is 3. The number of nitrogen functional groups attached to an aromatic ring is 1. The van der Waals surface area contributed by atoms with Gasteiger partial charge in [0.15, 0.2) is 11.6 Å². The number of benzene rings is 1. The van der Waals surface area contributed by atoms with Gasteiger partial charge >= 0.3 is 0 Å². The van der Waals surface area contributed by atoms with E-state index in [2.05, 4.69) is 10.4 Å². The Morgan fingerprint density at radius 2 is 1.81 bits per heavy atom. The van der Waals surface area contributed by atoms with Crippen LogP contribution in [0.3, 0.4) is 0 Å². The Balaban J connectivity index is 2.35. The number of rotatable bonds is 3. The molecular weight excluding hydrogens is 285 g/mol. The summed E-state index contributed by atoms with van der Waals surface area (Å²) >= 11 is 0. The molecule has 0 aliphatic rings. The minimum atomic E-state index is -1.22. The molecule has 0 unspecified atom stereocenters. The van der Waals surface area contributed by atoms with Gasteiger partial charge in [-0.15, -0.1) is 0 Å². The number of nitrogens with two attached hydrogens (primary N) is 1. The molecule has 0 bridgehead atoms. The van der Waals surface area contributed by atoms with E-state index in [-0.39, 0.29) is 11.3 Å². The van der Waals surface area contributed by atoms with E-state index in [0.29, 0.717) is 17.8 Å². The van der Waals surface area contributed by atoms with Crippen molar-refractivity contribution >= 4 is 17.3 Å². The topological polar surface area (TPSA) is 80.0 Å².